The maximum Gasteiger partial charge on any atom is 0.0702 e. The number of nitrogens with zero attached hydrogens (tertiary/aromatic N) is 1. The molecule has 6 aromatic rings. The fourth-order valence-corrected chi connectivity index (χ4v) is 8.60. The first-order chi connectivity index (χ1) is 21.9. The molecule has 3 aliphatic carbocycles. The van der Waals surface area contributed by atoms with E-state index in [4.69, 9.17) is 0 Å². The zero-order valence-corrected chi connectivity index (χ0v) is 26.2. The lowest BCUT2D eigenvalue weighted by Gasteiger charge is -2.27. The molecule has 216 valence electrons. The van der Waals surface area contributed by atoms with E-state index in [0.29, 0.717) is 0 Å². The predicted octanol–water partition coefficient (Wildman–Crippen LogP) is 11.2. The van der Waals surface area contributed by atoms with Crippen LogP contribution in [0.15, 0.2) is 128 Å². The molecule has 3 aliphatic rings. The Balaban J connectivity index is 1.35. The third kappa shape index (κ3) is 3.58. The summed E-state index contributed by atoms with van der Waals surface area (Å²) in [5.74, 6) is 0.175. The molecule has 1 heteroatoms. The van der Waals surface area contributed by atoms with Gasteiger partial charge < -0.3 is 0 Å². The first-order valence-electron chi connectivity index (χ1n) is 16.1. The summed E-state index contributed by atoms with van der Waals surface area (Å²) in [5, 5.41) is 0. The minimum absolute atomic E-state index is 0.115. The van der Waals surface area contributed by atoms with Crippen molar-refractivity contribution in [3.05, 3.63) is 166 Å². The number of fused-ring (bicyclic) bond motifs is 11. The molecule has 1 atom stereocenters. The van der Waals surface area contributed by atoms with Crippen LogP contribution in [0.3, 0.4) is 0 Å². The fraction of sp³-hybridized carbons (Fsp3) is 0.159. The fourth-order valence-electron chi connectivity index (χ4n) is 8.60. The van der Waals surface area contributed by atoms with Gasteiger partial charge in [0, 0.05) is 28.5 Å². The van der Waals surface area contributed by atoms with Gasteiger partial charge in [-0.2, -0.15) is 0 Å². The topological polar surface area (TPSA) is 12.9 Å². The third-order valence-electron chi connectivity index (χ3n) is 10.8. The molecule has 1 aromatic heterocycles. The number of hydrogen-bond acceptors (Lipinski definition) is 1. The van der Waals surface area contributed by atoms with E-state index in [9.17, 15) is 0 Å². The van der Waals surface area contributed by atoms with Gasteiger partial charge in [0.25, 0.3) is 0 Å². The minimum Gasteiger partial charge on any atom is -0.256 e. The van der Waals surface area contributed by atoms with Crippen LogP contribution in [-0.4, -0.2) is 4.98 Å². The van der Waals surface area contributed by atoms with E-state index in [1.54, 1.807) is 0 Å². The highest BCUT2D eigenvalue weighted by Gasteiger charge is 2.46. The molecule has 0 saturated heterocycles. The van der Waals surface area contributed by atoms with Crippen molar-refractivity contribution in [2.24, 2.45) is 0 Å². The Bertz CT molecular complexity index is 2200. The van der Waals surface area contributed by atoms with E-state index in [1.807, 2.05) is 12.3 Å². The van der Waals surface area contributed by atoms with Crippen LogP contribution < -0.4 is 0 Å². The summed E-state index contributed by atoms with van der Waals surface area (Å²) >= 11 is 0. The van der Waals surface area contributed by atoms with Crippen LogP contribution >= 0.6 is 0 Å². The molecule has 0 N–H and O–H groups in total. The van der Waals surface area contributed by atoms with Gasteiger partial charge in [-0.1, -0.05) is 137 Å². The van der Waals surface area contributed by atoms with Crippen LogP contribution in [0.4, 0.5) is 0 Å². The monoisotopic (exact) mass is 577 g/mol. The van der Waals surface area contributed by atoms with E-state index >= 15 is 0 Å². The van der Waals surface area contributed by atoms with Crippen molar-refractivity contribution in [1.82, 2.24) is 4.98 Å². The van der Waals surface area contributed by atoms with Crippen molar-refractivity contribution in [3.63, 3.8) is 0 Å². The van der Waals surface area contributed by atoms with Crippen molar-refractivity contribution >= 4 is 6.08 Å². The van der Waals surface area contributed by atoms with Gasteiger partial charge in [0.1, 0.15) is 0 Å². The molecule has 0 bridgehead atoms. The van der Waals surface area contributed by atoms with Crippen molar-refractivity contribution in [2.75, 3.05) is 0 Å². The second-order valence-corrected chi connectivity index (χ2v) is 13.9. The molecule has 1 nitrogen and oxygen atoms in total. The van der Waals surface area contributed by atoms with Crippen molar-refractivity contribution < 1.29 is 0 Å². The Hall–Kier alpha value is -5.01. The first kappa shape index (κ1) is 26.4. The van der Waals surface area contributed by atoms with Gasteiger partial charge in [-0.05, 0) is 90.5 Å². The van der Waals surface area contributed by atoms with E-state index < -0.39 is 0 Å². The lowest BCUT2D eigenvalue weighted by molar-refractivity contribution is 0.647. The molecule has 0 spiro atoms. The Kier molecular flexibility index (Phi) is 5.43. The molecule has 0 radical (unpaired) electrons. The quantitative estimate of drug-likeness (QED) is 0.199. The van der Waals surface area contributed by atoms with Crippen molar-refractivity contribution in [1.29, 1.82) is 0 Å². The molecular formula is C44H35N. The van der Waals surface area contributed by atoms with Crippen molar-refractivity contribution in [3.8, 4) is 44.6 Å². The van der Waals surface area contributed by atoms with Crippen LogP contribution in [0.5, 0.6) is 0 Å². The molecular weight excluding hydrogens is 542 g/mol. The number of pyridine rings is 1. The minimum atomic E-state index is -0.178. The maximum atomic E-state index is 4.68. The lowest BCUT2D eigenvalue weighted by Crippen LogP contribution is -2.18. The Morgan fingerprint density at radius 1 is 0.556 bits per heavy atom. The van der Waals surface area contributed by atoms with Gasteiger partial charge in [-0.3, -0.25) is 4.98 Å². The number of rotatable bonds is 2. The molecule has 5 aromatic carbocycles. The average Bonchev–Trinajstić information content (AvgIpc) is 3.35. The van der Waals surface area contributed by atoms with Crippen LogP contribution in [-0.2, 0) is 10.8 Å². The summed E-state index contributed by atoms with van der Waals surface area (Å²) in [6, 6.07) is 42.8. The SMILES string of the molecule is CC1(C)c2ccc3c(c2-c2c1ccc1c2C(C)(C)c2cc(-c4ccccn4)ccc2-1)-c1ccccc1C=CC3c1ccccc1. The number of allylic oxidation sites excluding steroid dienone is 1. The van der Waals surface area contributed by atoms with Gasteiger partial charge >= 0.3 is 0 Å². The number of benzene rings is 5. The summed E-state index contributed by atoms with van der Waals surface area (Å²) in [7, 11) is 0. The van der Waals surface area contributed by atoms with Gasteiger partial charge in [-0.25, -0.2) is 0 Å². The maximum absolute atomic E-state index is 4.68. The van der Waals surface area contributed by atoms with E-state index in [1.165, 1.54) is 77.9 Å². The van der Waals surface area contributed by atoms with Gasteiger partial charge in [0.2, 0.25) is 0 Å². The highest BCUT2D eigenvalue weighted by Crippen LogP contribution is 2.62. The highest BCUT2D eigenvalue weighted by atomic mass is 14.7. The molecule has 0 aliphatic heterocycles. The zero-order valence-electron chi connectivity index (χ0n) is 26.2. The number of hydrogen-bond donors (Lipinski definition) is 0. The van der Waals surface area contributed by atoms with Crippen LogP contribution in [0.1, 0.15) is 72.6 Å². The van der Waals surface area contributed by atoms with Crippen LogP contribution in [0, 0.1) is 0 Å². The molecule has 0 fully saturated rings. The predicted molar refractivity (Wildman–Crippen MR) is 188 cm³/mol. The number of aromatic nitrogens is 1. The van der Waals surface area contributed by atoms with Gasteiger partial charge in [-0.15, -0.1) is 0 Å². The standard InChI is InChI=1S/C44H35N/c1-43(2)35-23-21-33-30(27-12-6-5-7-13-27)19-17-28-14-8-9-15-31(28)39(33)40(35)41-36(43)24-22-34-32-20-18-29(38-16-10-11-25-45-38)26-37(32)44(3,4)42(34)41/h5-26,30H,1-4H3. The van der Waals surface area contributed by atoms with E-state index in [0.717, 1.165) is 5.69 Å². The largest absolute Gasteiger partial charge is 0.256 e. The summed E-state index contributed by atoms with van der Waals surface area (Å²) in [6.07, 6.45) is 6.63. The Labute approximate surface area is 266 Å². The average molecular weight is 578 g/mol. The second-order valence-electron chi connectivity index (χ2n) is 13.9. The molecule has 0 saturated carbocycles. The van der Waals surface area contributed by atoms with Gasteiger partial charge in [0.05, 0.1) is 5.69 Å². The Morgan fingerprint density at radius 3 is 2.11 bits per heavy atom. The third-order valence-corrected chi connectivity index (χ3v) is 10.8. The second kappa shape index (κ2) is 9.25. The van der Waals surface area contributed by atoms with Crippen molar-refractivity contribution in [2.45, 2.75) is 44.4 Å². The summed E-state index contributed by atoms with van der Waals surface area (Å²) in [4.78, 5) is 4.68. The smallest absolute Gasteiger partial charge is 0.0702 e. The Morgan fingerprint density at radius 2 is 1.29 bits per heavy atom. The molecule has 9 rings (SSSR count). The molecule has 1 unspecified atom stereocenters. The normalized spacial score (nSPS) is 17.4. The van der Waals surface area contributed by atoms with Crippen LogP contribution in [0.2, 0.25) is 0 Å². The van der Waals surface area contributed by atoms with E-state index in [-0.39, 0.29) is 16.7 Å². The molecule has 0 amide bonds. The molecule has 1 heterocycles. The summed E-state index contributed by atoms with van der Waals surface area (Å²) < 4.78 is 0. The summed E-state index contributed by atoms with van der Waals surface area (Å²) in [6.45, 7) is 9.69. The zero-order chi connectivity index (χ0) is 30.5. The summed E-state index contributed by atoms with van der Waals surface area (Å²) in [5.41, 5.74) is 19.9. The molecule has 45 heavy (non-hydrogen) atoms. The first-order valence-corrected chi connectivity index (χ1v) is 16.1. The van der Waals surface area contributed by atoms with Gasteiger partial charge in [0.15, 0.2) is 0 Å². The lowest BCUT2D eigenvalue weighted by atomic mass is 9.76. The highest BCUT2D eigenvalue weighted by molar-refractivity contribution is 6.02. The van der Waals surface area contributed by atoms with Crippen LogP contribution in [0.25, 0.3) is 50.7 Å². The van der Waals surface area contributed by atoms with E-state index in [2.05, 4.69) is 154 Å².